The zero-order chi connectivity index (χ0) is 28.3. The summed E-state index contributed by atoms with van der Waals surface area (Å²) in [6, 6.07) is 2.36. The van der Waals surface area contributed by atoms with Crippen molar-refractivity contribution in [1.82, 2.24) is 14.8 Å². The van der Waals surface area contributed by atoms with Crippen LogP contribution in [0.1, 0.15) is 45.3 Å². The number of esters is 1. The quantitative estimate of drug-likeness (QED) is 0.206. The van der Waals surface area contributed by atoms with E-state index in [1.165, 1.54) is 33.3 Å². The number of aromatic nitrogens is 1. The number of carbonyl (C=O) groups is 3. The van der Waals surface area contributed by atoms with E-state index in [4.69, 9.17) is 18.9 Å². The first-order valence-electron chi connectivity index (χ1n) is 12.0. The van der Waals surface area contributed by atoms with E-state index in [1.54, 1.807) is 26.0 Å². The summed E-state index contributed by atoms with van der Waals surface area (Å²) < 4.78 is 21.3. The second-order valence-electron chi connectivity index (χ2n) is 9.22. The molecule has 1 aromatic heterocycles. The molecule has 1 aliphatic rings. The number of methoxy groups -OCH3 is 4. The molecule has 206 valence electrons. The maximum atomic E-state index is 13.5. The van der Waals surface area contributed by atoms with Crippen molar-refractivity contribution in [2.45, 2.75) is 26.3 Å². The van der Waals surface area contributed by atoms with Crippen molar-refractivity contribution < 1.29 is 38.4 Å². The third-order valence-electron chi connectivity index (χ3n) is 6.61. The predicted octanol–water partition coefficient (Wildman–Crippen LogP) is 2.82. The molecule has 2 N–H and O–H groups in total. The number of aliphatic hydroxyl groups is 1. The van der Waals surface area contributed by atoms with E-state index in [2.05, 4.69) is 4.98 Å². The molecular weight excluding hydrogens is 494 g/mol. The van der Waals surface area contributed by atoms with Gasteiger partial charge in [0.1, 0.15) is 11.5 Å². The summed E-state index contributed by atoms with van der Waals surface area (Å²) in [5, 5.41) is 11.6. The van der Waals surface area contributed by atoms with Gasteiger partial charge >= 0.3 is 5.97 Å². The van der Waals surface area contributed by atoms with Crippen LogP contribution in [0.25, 0.3) is 5.76 Å². The SMILES string of the molecule is COC(=O)c1[nH]c(C)c(C(O)=C2C(=O)C(=O)N(CCCN(C)C)[C@H]2c2cc(OC)c(OC)c(OC)c2)c1C. The number of ether oxygens (including phenoxy) is 4. The first kappa shape index (κ1) is 28.6. The van der Waals surface area contributed by atoms with Gasteiger partial charge in [0.15, 0.2) is 11.5 Å². The van der Waals surface area contributed by atoms with E-state index in [-0.39, 0.29) is 23.4 Å². The summed E-state index contributed by atoms with van der Waals surface area (Å²) >= 11 is 0. The number of carbonyl (C=O) groups excluding carboxylic acids is 3. The lowest BCUT2D eigenvalue weighted by Crippen LogP contribution is -2.32. The number of amides is 1. The number of nitrogens with one attached hydrogen (secondary N) is 1. The summed E-state index contributed by atoms with van der Waals surface area (Å²) in [6.45, 7) is 4.24. The van der Waals surface area contributed by atoms with Gasteiger partial charge in [-0.3, -0.25) is 9.59 Å². The molecule has 1 aromatic carbocycles. The maximum Gasteiger partial charge on any atom is 0.354 e. The molecule has 2 heterocycles. The van der Waals surface area contributed by atoms with Gasteiger partial charge in [0.25, 0.3) is 11.7 Å². The number of benzene rings is 1. The third kappa shape index (κ3) is 5.06. The molecule has 11 nitrogen and oxygen atoms in total. The van der Waals surface area contributed by atoms with Gasteiger partial charge in [0.05, 0.1) is 40.1 Å². The van der Waals surface area contributed by atoms with E-state index in [1.807, 2.05) is 19.0 Å². The number of nitrogens with zero attached hydrogens (tertiary/aromatic N) is 2. The Morgan fingerprint density at radius 2 is 1.66 bits per heavy atom. The van der Waals surface area contributed by atoms with Crippen LogP contribution in [0.15, 0.2) is 17.7 Å². The number of hydrogen-bond donors (Lipinski definition) is 2. The number of ketones is 1. The van der Waals surface area contributed by atoms with Gasteiger partial charge in [0.2, 0.25) is 5.75 Å². The van der Waals surface area contributed by atoms with Crippen molar-refractivity contribution in [2.75, 3.05) is 55.6 Å². The fraction of sp³-hybridized carbons (Fsp3) is 0.444. The van der Waals surface area contributed by atoms with Crippen molar-refractivity contribution in [3.05, 3.63) is 45.8 Å². The first-order chi connectivity index (χ1) is 18.0. The molecule has 0 bridgehead atoms. The Hall–Kier alpha value is -3.99. The largest absolute Gasteiger partial charge is 0.507 e. The molecule has 0 spiro atoms. The van der Waals surface area contributed by atoms with Crippen LogP contribution in [0.3, 0.4) is 0 Å². The Kier molecular flexibility index (Phi) is 8.72. The minimum atomic E-state index is -0.943. The Morgan fingerprint density at radius 3 is 2.16 bits per heavy atom. The van der Waals surface area contributed by atoms with Crippen molar-refractivity contribution in [1.29, 1.82) is 0 Å². The summed E-state index contributed by atoms with van der Waals surface area (Å²) in [6.07, 6.45) is 0.593. The van der Waals surface area contributed by atoms with E-state index in [0.717, 1.165) is 0 Å². The summed E-state index contributed by atoms with van der Waals surface area (Å²) in [7, 11) is 9.50. The van der Waals surface area contributed by atoms with Crippen molar-refractivity contribution in [2.24, 2.45) is 0 Å². The molecule has 1 fully saturated rings. The molecular formula is C27H35N3O8. The molecule has 1 amide bonds. The van der Waals surface area contributed by atoms with Crippen LogP contribution < -0.4 is 14.2 Å². The van der Waals surface area contributed by atoms with Crippen molar-refractivity contribution in [3.8, 4) is 17.2 Å². The standard InChI is InChI=1S/C27H35N3O8/c1-14-19(15(2)28-21(14)27(34)38-8)23(31)20-22(30(26(33)24(20)32)11-9-10-29(3)4)16-12-17(35-5)25(37-7)18(13-16)36-6/h12-13,22,28,31H,9-11H2,1-8H3/t22-/m0/s1. The number of aliphatic hydroxyl groups excluding tert-OH is 1. The van der Waals surface area contributed by atoms with E-state index < -0.39 is 29.5 Å². The summed E-state index contributed by atoms with van der Waals surface area (Å²) in [5.41, 5.74) is 1.64. The Labute approximate surface area is 221 Å². The Morgan fingerprint density at radius 1 is 1.05 bits per heavy atom. The van der Waals surface area contributed by atoms with Crippen molar-refractivity contribution in [3.63, 3.8) is 0 Å². The zero-order valence-corrected chi connectivity index (χ0v) is 23.1. The van der Waals surface area contributed by atoms with Crippen LogP contribution in [0.5, 0.6) is 17.2 Å². The minimum Gasteiger partial charge on any atom is -0.507 e. The number of aryl methyl sites for hydroxylation is 1. The maximum absolute atomic E-state index is 13.5. The molecule has 1 saturated heterocycles. The van der Waals surface area contributed by atoms with Crippen molar-refractivity contribution >= 4 is 23.4 Å². The molecule has 2 aromatic rings. The lowest BCUT2D eigenvalue weighted by Gasteiger charge is -2.27. The molecule has 3 rings (SSSR count). The summed E-state index contributed by atoms with van der Waals surface area (Å²) in [5.74, 6) is -1.55. The number of rotatable bonds is 10. The molecule has 38 heavy (non-hydrogen) atoms. The monoisotopic (exact) mass is 529 g/mol. The highest BCUT2D eigenvalue weighted by Gasteiger charge is 2.47. The van der Waals surface area contributed by atoms with Crippen LogP contribution in [0, 0.1) is 13.8 Å². The second-order valence-corrected chi connectivity index (χ2v) is 9.22. The fourth-order valence-electron chi connectivity index (χ4n) is 4.82. The molecule has 1 aliphatic heterocycles. The Balaban J connectivity index is 2.29. The van der Waals surface area contributed by atoms with Crippen LogP contribution in [0.4, 0.5) is 0 Å². The zero-order valence-electron chi connectivity index (χ0n) is 23.1. The van der Waals surface area contributed by atoms with Gasteiger partial charge in [-0.25, -0.2) is 4.79 Å². The van der Waals surface area contributed by atoms with Crippen LogP contribution >= 0.6 is 0 Å². The van der Waals surface area contributed by atoms with Gasteiger partial charge in [-0.1, -0.05) is 0 Å². The normalized spacial score (nSPS) is 16.8. The molecule has 0 radical (unpaired) electrons. The third-order valence-corrected chi connectivity index (χ3v) is 6.61. The van der Waals surface area contributed by atoms with Gasteiger partial charge in [-0.05, 0) is 64.2 Å². The van der Waals surface area contributed by atoms with Crippen LogP contribution in [-0.2, 0) is 14.3 Å². The molecule has 0 aliphatic carbocycles. The van der Waals surface area contributed by atoms with Gasteiger partial charge in [0, 0.05) is 17.8 Å². The Bertz CT molecular complexity index is 1250. The average molecular weight is 530 g/mol. The van der Waals surface area contributed by atoms with Gasteiger partial charge < -0.3 is 38.8 Å². The number of hydrogen-bond acceptors (Lipinski definition) is 9. The average Bonchev–Trinajstić information content (AvgIpc) is 3.33. The highest BCUT2D eigenvalue weighted by molar-refractivity contribution is 6.46. The fourth-order valence-corrected chi connectivity index (χ4v) is 4.82. The highest BCUT2D eigenvalue weighted by Crippen LogP contribution is 2.46. The minimum absolute atomic E-state index is 0.101. The number of Topliss-reactive ketones (excluding diaryl/α,β-unsaturated/α-hetero) is 1. The van der Waals surface area contributed by atoms with Gasteiger partial charge in [-0.15, -0.1) is 0 Å². The van der Waals surface area contributed by atoms with Crippen LogP contribution in [-0.4, -0.2) is 93.2 Å². The van der Waals surface area contributed by atoms with E-state index in [9.17, 15) is 19.5 Å². The molecule has 11 heteroatoms. The lowest BCUT2D eigenvalue weighted by molar-refractivity contribution is -0.139. The van der Waals surface area contributed by atoms with Gasteiger partial charge in [-0.2, -0.15) is 0 Å². The first-order valence-corrected chi connectivity index (χ1v) is 12.0. The lowest BCUT2D eigenvalue weighted by atomic mass is 9.93. The molecule has 1 atom stereocenters. The highest BCUT2D eigenvalue weighted by atomic mass is 16.5. The van der Waals surface area contributed by atoms with E-state index in [0.29, 0.717) is 47.0 Å². The summed E-state index contributed by atoms with van der Waals surface area (Å²) in [4.78, 5) is 45.4. The topological polar surface area (TPSA) is 131 Å². The number of likely N-dealkylation sites (tertiary alicyclic amines) is 1. The number of aromatic amines is 1. The van der Waals surface area contributed by atoms with E-state index >= 15 is 0 Å². The number of H-pyrrole nitrogens is 1. The molecule has 0 saturated carbocycles. The smallest absolute Gasteiger partial charge is 0.354 e. The van der Waals surface area contributed by atoms with Crippen LogP contribution in [0.2, 0.25) is 0 Å². The predicted molar refractivity (Wildman–Crippen MR) is 140 cm³/mol. The molecule has 0 unspecified atom stereocenters. The second kappa shape index (κ2) is 11.6.